The fourth-order valence-corrected chi connectivity index (χ4v) is 4.45. The first-order valence-corrected chi connectivity index (χ1v) is 12.3. The van der Waals surface area contributed by atoms with Crippen LogP contribution in [0.5, 0.6) is 0 Å². The van der Waals surface area contributed by atoms with Gasteiger partial charge in [-0.05, 0) is 63.8 Å². The number of carbonyl (C=O) groups excluding carboxylic acids is 1. The van der Waals surface area contributed by atoms with Gasteiger partial charge in [-0.3, -0.25) is 9.78 Å². The third-order valence-corrected chi connectivity index (χ3v) is 6.66. The smallest absolute Gasteiger partial charge is 0.404 e. The molecule has 3 aromatic rings. The zero-order valence-corrected chi connectivity index (χ0v) is 21.1. The van der Waals surface area contributed by atoms with Crippen molar-refractivity contribution in [2.75, 3.05) is 11.9 Å². The van der Waals surface area contributed by atoms with E-state index in [9.17, 15) is 19.1 Å². The van der Waals surface area contributed by atoms with Crippen LogP contribution in [0.1, 0.15) is 55.5 Å². The molecule has 3 heterocycles. The third-order valence-electron chi connectivity index (χ3n) is 6.66. The number of nitrogens with zero attached hydrogens (tertiary/aromatic N) is 4. The summed E-state index contributed by atoms with van der Waals surface area (Å²) in [7, 11) is 0. The van der Waals surface area contributed by atoms with Gasteiger partial charge >= 0.3 is 6.09 Å². The van der Waals surface area contributed by atoms with E-state index in [0.29, 0.717) is 53.8 Å². The van der Waals surface area contributed by atoms with E-state index in [1.807, 2.05) is 12.1 Å². The minimum absolute atomic E-state index is 0.0192. The zero-order chi connectivity index (χ0) is 27.4. The lowest BCUT2D eigenvalue weighted by Crippen LogP contribution is -2.42. The Labute approximate surface area is 218 Å². The summed E-state index contributed by atoms with van der Waals surface area (Å²) in [6.07, 6.45) is 2.81. The molecule has 1 aliphatic carbocycles. The fourth-order valence-electron chi connectivity index (χ4n) is 4.45. The second-order valence-electron chi connectivity index (χ2n) is 10.0. The molecule has 0 bridgehead atoms. The summed E-state index contributed by atoms with van der Waals surface area (Å²) < 4.78 is 15.9. The molecule has 0 aromatic carbocycles. The van der Waals surface area contributed by atoms with E-state index < -0.39 is 23.8 Å². The molecule has 0 spiro atoms. The molecule has 200 valence electrons. The number of aromatic nitrogens is 3. The molecule has 0 radical (unpaired) electrons. The maximum Gasteiger partial charge on any atom is 0.404 e. The Hall–Kier alpha value is -4.24. The molecule has 0 aliphatic heterocycles. The molecular formula is C26H30FN7O4. The number of halogens is 1. The molecule has 1 aliphatic rings. The standard InChI is InChI=1S/C26H30FN7O4/c1-26(2,38)23(27)14-30-24(35)19-13-29-21(22-8-7-18-9-15(11-28)12-31-34(18)22)10-20(19)32-16-3-5-17(6-4-16)33-25(36)37/h7-10,12-13,16-17,23,33,38H,3-6,14H2,1-2H3,(H,29,32)(H,30,35)(H,36,37). The van der Waals surface area contributed by atoms with Gasteiger partial charge < -0.3 is 26.2 Å². The first-order valence-electron chi connectivity index (χ1n) is 12.3. The van der Waals surface area contributed by atoms with E-state index in [2.05, 4.69) is 32.1 Å². The van der Waals surface area contributed by atoms with Gasteiger partial charge in [-0.2, -0.15) is 10.4 Å². The van der Waals surface area contributed by atoms with Gasteiger partial charge in [-0.25, -0.2) is 13.7 Å². The summed E-state index contributed by atoms with van der Waals surface area (Å²) in [4.78, 5) is 28.5. The van der Waals surface area contributed by atoms with E-state index in [-0.39, 0.29) is 24.2 Å². The minimum atomic E-state index is -1.66. The lowest BCUT2D eigenvalue weighted by atomic mass is 9.91. The Balaban J connectivity index is 1.61. The van der Waals surface area contributed by atoms with Gasteiger partial charge in [0.05, 0.1) is 52.1 Å². The number of fused-ring (bicyclic) bond motifs is 1. The van der Waals surface area contributed by atoms with Gasteiger partial charge in [0.25, 0.3) is 5.91 Å². The quantitative estimate of drug-likeness (QED) is 0.300. The van der Waals surface area contributed by atoms with Crippen molar-refractivity contribution in [1.82, 2.24) is 25.2 Å². The van der Waals surface area contributed by atoms with Crippen LogP contribution in [-0.2, 0) is 0 Å². The maximum absolute atomic E-state index is 14.3. The highest BCUT2D eigenvalue weighted by Crippen LogP contribution is 2.29. The summed E-state index contributed by atoms with van der Waals surface area (Å²) in [6.45, 7) is 2.29. The Kier molecular flexibility index (Phi) is 7.78. The minimum Gasteiger partial charge on any atom is -0.465 e. The Morgan fingerprint density at radius 3 is 2.58 bits per heavy atom. The van der Waals surface area contributed by atoms with Crippen LogP contribution in [0.15, 0.2) is 36.7 Å². The van der Waals surface area contributed by atoms with Crippen molar-refractivity contribution in [2.24, 2.45) is 0 Å². The van der Waals surface area contributed by atoms with Crippen LogP contribution in [-0.4, -0.2) is 67.2 Å². The van der Waals surface area contributed by atoms with Crippen molar-refractivity contribution in [3.63, 3.8) is 0 Å². The number of carboxylic acid groups (broad SMARTS) is 1. The number of alkyl halides is 1. The summed E-state index contributed by atoms with van der Waals surface area (Å²) in [5.41, 5.74) is 1.42. The van der Waals surface area contributed by atoms with Gasteiger partial charge in [-0.15, -0.1) is 0 Å². The van der Waals surface area contributed by atoms with E-state index in [1.165, 1.54) is 26.2 Å². The van der Waals surface area contributed by atoms with Crippen molar-refractivity contribution in [3.8, 4) is 17.5 Å². The summed E-state index contributed by atoms with van der Waals surface area (Å²) in [6, 6.07) is 8.97. The van der Waals surface area contributed by atoms with Gasteiger partial charge in [0.1, 0.15) is 12.2 Å². The molecule has 4 rings (SSSR count). The molecule has 2 amide bonds. The molecule has 1 saturated carbocycles. The van der Waals surface area contributed by atoms with E-state index in [4.69, 9.17) is 10.4 Å². The predicted molar refractivity (Wildman–Crippen MR) is 137 cm³/mol. The Morgan fingerprint density at radius 1 is 1.21 bits per heavy atom. The molecule has 1 atom stereocenters. The number of hydrogen-bond acceptors (Lipinski definition) is 7. The van der Waals surface area contributed by atoms with Gasteiger partial charge in [0.15, 0.2) is 0 Å². The maximum atomic E-state index is 14.3. The number of aliphatic hydroxyl groups is 1. The highest BCUT2D eigenvalue weighted by atomic mass is 19.1. The number of nitrogens with one attached hydrogen (secondary N) is 3. The van der Waals surface area contributed by atoms with E-state index in [0.717, 1.165) is 0 Å². The molecule has 11 nitrogen and oxygen atoms in total. The summed E-state index contributed by atoms with van der Waals surface area (Å²) in [5, 5.41) is 40.8. The first kappa shape index (κ1) is 26.8. The average molecular weight is 524 g/mol. The number of nitriles is 1. The first-order chi connectivity index (χ1) is 18.0. The van der Waals surface area contributed by atoms with Crippen molar-refractivity contribution in [2.45, 2.75) is 63.4 Å². The van der Waals surface area contributed by atoms with Crippen molar-refractivity contribution in [3.05, 3.63) is 47.8 Å². The molecule has 1 unspecified atom stereocenters. The molecule has 3 aromatic heterocycles. The van der Waals surface area contributed by atoms with E-state index >= 15 is 0 Å². The summed E-state index contributed by atoms with van der Waals surface area (Å²) >= 11 is 0. The normalized spacial score (nSPS) is 18.4. The number of pyridine rings is 1. The predicted octanol–water partition coefficient (Wildman–Crippen LogP) is 3.10. The molecule has 5 N–H and O–H groups in total. The average Bonchev–Trinajstić information content (AvgIpc) is 3.30. The highest BCUT2D eigenvalue weighted by molar-refractivity contribution is 6.00. The van der Waals surface area contributed by atoms with Gasteiger partial charge in [0.2, 0.25) is 0 Å². The number of anilines is 1. The van der Waals surface area contributed by atoms with E-state index in [1.54, 1.807) is 16.6 Å². The summed E-state index contributed by atoms with van der Waals surface area (Å²) in [5.74, 6) is -0.545. The van der Waals surface area contributed by atoms with Gasteiger partial charge in [0, 0.05) is 18.3 Å². The number of carbonyl (C=O) groups is 2. The van der Waals surface area contributed by atoms with Gasteiger partial charge in [-0.1, -0.05) is 0 Å². The van der Waals surface area contributed by atoms with Crippen LogP contribution in [0.3, 0.4) is 0 Å². The highest BCUT2D eigenvalue weighted by Gasteiger charge is 2.28. The van der Waals surface area contributed by atoms with Crippen LogP contribution in [0.2, 0.25) is 0 Å². The van der Waals surface area contributed by atoms with Crippen LogP contribution in [0.4, 0.5) is 14.9 Å². The topological polar surface area (TPSA) is 165 Å². The molecule has 0 saturated heterocycles. The molecule has 12 heteroatoms. The van der Waals surface area contributed by atoms with Crippen molar-refractivity contribution >= 4 is 23.2 Å². The molecule has 1 fully saturated rings. The number of hydrogen-bond donors (Lipinski definition) is 5. The van der Waals surface area contributed by atoms with Crippen molar-refractivity contribution in [1.29, 1.82) is 5.26 Å². The van der Waals surface area contributed by atoms with Crippen LogP contribution in [0, 0.1) is 11.3 Å². The van der Waals surface area contributed by atoms with Crippen LogP contribution in [0.25, 0.3) is 16.9 Å². The van der Waals surface area contributed by atoms with Crippen LogP contribution < -0.4 is 16.0 Å². The third kappa shape index (κ3) is 6.18. The largest absolute Gasteiger partial charge is 0.465 e. The fraction of sp³-hybridized carbons (Fsp3) is 0.423. The SMILES string of the molecule is CC(C)(O)C(F)CNC(=O)c1cnc(-c2ccc3cc(C#N)cnn23)cc1NC1CCC(NC(=O)O)CC1. The zero-order valence-electron chi connectivity index (χ0n) is 21.1. The monoisotopic (exact) mass is 523 g/mol. The van der Waals surface area contributed by atoms with Crippen molar-refractivity contribution < 1.29 is 24.2 Å². The number of rotatable bonds is 8. The second kappa shape index (κ2) is 11.0. The lowest BCUT2D eigenvalue weighted by Gasteiger charge is -2.30. The van der Waals surface area contributed by atoms with Crippen LogP contribution >= 0.6 is 0 Å². The molecular weight excluding hydrogens is 493 g/mol. The Morgan fingerprint density at radius 2 is 1.92 bits per heavy atom. The molecule has 38 heavy (non-hydrogen) atoms. The second-order valence-corrected chi connectivity index (χ2v) is 10.0. The number of amides is 2. The Bertz CT molecular complexity index is 1370. The lowest BCUT2D eigenvalue weighted by molar-refractivity contribution is -0.00177.